The Bertz CT molecular complexity index is 162. The maximum atomic E-state index is 10.9. The summed E-state index contributed by atoms with van der Waals surface area (Å²) in [4.78, 5) is 10.9. The van der Waals surface area contributed by atoms with E-state index in [0.717, 1.165) is 12.8 Å². The van der Waals surface area contributed by atoms with Gasteiger partial charge in [0.05, 0.1) is 0 Å². The van der Waals surface area contributed by atoms with Crippen LogP contribution in [0.3, 0.4) is 0 Å². The van der Waals surface area contributed by atoms with E-state index in [1.165, 1.54) is 0 Å². The Labute approximate surface area is 79.5 Å². The van der Waals surface area contributed by atoms with Crippen molar-refractivity contribution in [1.29, 1.82) is 0 Å². The molecule has 0 aliphatic rings. The van der Waals surface area contributed by atoms with E-state index < -0.39 is 11.5 Å². The number of hydrogen-bond donors (Lipinski definition) is 3. The minimum Gasteiger partial charge on any atom is -0.480 e. The highest BCUT2D eigenvalue weighted by Gasteiger charge is 2.30. The highest BCUT2D eigenvalue weighted by Crippen LogP contribution is 2.12. The van der Waals surface area contributed by atoms with Crippen LogP contribution < -0.4 is 11.1 Å². The van der Waals surface area contributed by atoms with Crippen molar-refractivity contribution in [2.24, 2.45) is 5.73 Å². The van der Waals surface area contributed by atoms with Gasteiger partial charge in [0.25, 0.3) is 0 Å². The first kappa shape index (κ1) is 12.4. The summed E-state index contributed by atoms with van der Waals surface area (Å²) in [7, 11) is 0. The van der Waals surface area contributed by atoms with E-state index in [9.17, 15) is 4.79 Å². The fourth-order valence-corrected chi connectivity index (χ4v) is 1.24. The van der Waals surface area contributed by atoms with E-state index in [4.69, 9.17) is 10.8 Å². The van der Waals surface area contributed by atoms with Gasteiger partial charge in [-0.15, -0.1) is 0 Å². The van der Waals surface area contributed by atoms with E-state index in [-0.39, 0.29) is 0 Å². The molecule has 0 amide bonds. The third kappa shape index (κ3) is 4.24. The van der Waals surface area contributed by atoms with Crippen LogP contribution in [0.5, 0.6) is 0 Å². The van der Waals surface area contributed by atoms with E-state index in [1.807, 2.05) is 6.92 Å². The Morgan fingerprint density at radius 1 is 1.62 bits per heavy atom. The minimum atomic E-state index is -0.788. The summed E-state index contributed by atoms with van der Waals surface area (Å²) in [6.07, 6.45) is 2.32. The number of aliphatic carboxylic acids is 1. The first-order valence-electron chi connectivity index (χ1n) is 4.75. The van der Waals surface area contributed by atoms with Gasteiger partial charge in [-0.3, -0.25) is 4.79 Å². The lowest BCUT2D eigenvalue weighted by Gasteiger charge is -2.25. The van der Waals surface area contributed by atoms with Crippen molar-refractivity contribution in [3.8, 4) is 0 Å². The minimum absolute atomic E-state index is 0.592. The molecule has 78 valence electrons. The van der Waals surface area contributed by atoms with Crippen molar-refractivity contribution in [3.63, 3.8) is 0 Å². The summed E-state index contributed by atoms with van der Waals surface area (Å²) < 4.78 is 0. The Kier molecular flexibility index (Phi) is 5.66. The van der Waals surface area contributed by atoms with Crippen LogP contribution in [0.15, 0.2) is 0 Å². The van der Waals surface area contributed by atoms with E-state index in [1.54, 1.807) is 6.92 Å². The number of nitrogens with one attached hydrogen (secondary N) is 1. The smallest absolute Gasteiger partial charge is 0.323 e. The van der Waals surface area contributed by atoms with Crippen molar-refractivity contribution in [3.05, 3.63) is 0 Å². The molecule has 13 heavy (non-hydrogen) atoms. The SMILES string of the molecule is CCCC(C)(NCCCN)C(=O)O. The van der Waals surface area contributed by atoms with Gasteiger partial charge in [0.15, 0.2) is 0 Å². The van der Waals surface area contributed by atoms with Crippen LogP contribution in [0.2, 0.25) is 0 Å². The molecular weight excluding hydrogens is 168 g/mol. The molecule has 0 aromatic rings. The second-order valence-electron chi connectivity index (χ2n) is 3.46. The molecule has 1 unspecified atom stereocenters. The zero-order valence-corrected chi connectivity index (χ0v) is 8.47. The van der Waals surface area contributed by atoms with Gasteiger partial charge in [0.2, 0.25) is 0 Å². The van der Waals surface area contributed by atoms with Crippen LogP contribution >= 0.6 is 0 Å². The Balaban J connectivity index is 4.00. The predicted octanol–water partition coefficient (Wildman–Crippen LogP) is 0.568. The third-order valence-corrected chi connectivity index (χ3v) is 2.12. The molecule has 0 aliphatic heterocycles. The molecule has 1 atom stereocenters. The lowest BCUT2D eigenvalue weighted by Crippen LogP contribution is -2.49. The van der Waals surface area contributed by atoms with Gasteiger partial charge in [-0.25, -0.2) is 0 Å². The largest absolute Gasteiger partial charge is 0.480 e. The van der Waals surface area contributed by atoms with Crippen molar-refractivity contribution in [1.82, 2.24) is 5.32 Å². The first-order valence-corrected chi connectivity index (χ1v) is 4.75. The molecule has 0 aliphatic carbocycles. The van der Waals surface area contributed by atoms with E-state index >= 15 is 0 Å². The second-order valence-corrected chi connectivity index (χ2v) is 3.46. The van der Waals surface area contributed by atoms with Crippen molar-refractivity contribution >= 4 is 5.97 Å². The average Bonchev–Trinajstić information content (AvgIpc) is 2.05. The molecule has 0 fully saturated rings. The number of hydrogen-bond acceptors (Lipinski definition) is 3. The number of carboxylic acid groups (broad SMARTS) is 1. The van der Waals surface area contributed by atoms with Gasteiger partial charge in [-0.05, 0) is 32.9 Å². The van der Waals surface area contributed by atoms with E-state index in [2.05, 4.69) is 5.32 Å². The van der Waals surface area contributed by atoms with Crippen LogP contribution in [0.4, 0.5) is 0 Å². The summed E-state index contributed by atoms with van der Waals surface area (Å²) in [5.74, 6) is -0.786. The molecule has 0 heterocycles. The zero-order chi connectivity index (χ0) is 10.3. The molecule has 0 radical (unpaired) electrons. The van der Waals surface area contributed by atoms with Crippen LogP contribution in [-0.2, 0) is 4.79 Å². The molecule has 4 N–H and O–H groups in total. The number of carboxylic acids is 1. The predicted molar refractivity (Wildman–Crippen MR) is 52.6 cm³/mol. The summed E-state index contributed by atoms with van der Waals surface area (Å²) in [5.41, 5.74) is 4.53. The summed E-state index contributed by atoms with van der Waals surface area (Å²) in [6, 6.07) is 0. The van der Waals surface area contributed by atoms with Crippen LogP contribution in [0.1, 0.15) is 33.1 Å². The molecule has 0 aromatic carbocycles. The Morgan fingerprint density at radius 3 is 2.62 bits per heavy atom. The maximum Gasteiger partial charge on any atom is 0.323 e. The Morgan fingerprint density at radius 2 is 2.23 bits per heavy atom. The normalized spacial score (nSPS) is 15.3. The molecule has 4 heteroatoms. The molecule has 0 spiro atoms. The number of carbonyl (C=O) groups is 1. The maximum absolute atomic E-state index is 10.9. The van der Waals surface area contributed by atoms with Gasteiger partial charge in [0.1, 0.15) is 5.54 Å². The Hall–Kier alpha value is -0.610. The summed E-state index contributed by atoms with van der Waals surface area (Å²) in [6.45, 7) is 4.95. The fourth-order valence-electron chi connectivity index (χ4n) is 1.24. The van der Waals surface area contributed by atoms with Gasteiger partial charge in [-0.2, -0.15) is 0 Å². The van der Waals surface area contributed by atoms with Gasteiger partial charge >= 0.3 is 5.97 Å². The van der Waals surface area contributed by atoms with Crippen molar-refractivity contribution in [2.45, 2.75) is 38.6 Å². The standard InChI is InChI=1S/C9H20N2O2/c1-3-5-9(2,8(12)13)11-7-4-6-10/h11H,3-7,10H2,1-2H3,(H,12,13). The van der Waals surface area contributed by atoms with Crippen LogP contribution in [0, 0.1) is 0 Å². The van der Waals surface area contributed by atoms with Crippen LogP contribution in [0.25, 0.3) is 0 Å². The van der Waals surface area contributed by atoms with Gasteiger partial charge in [0, 0.05) is 0 Å². The lowest BCUT2D eigenvalue weighted by atomic mass is 9.96. The fraction of sp³-hybridized carbons (Fsp3) is 0.889. The summed E-state index contributed by atoms with van der Waals surface area (Å²) in [5, 5.41) is 12.0. The molecule has 0 rings (SSSR count). The number of rotatable bonds is 7. The van der Waals surface area contributed by atoms with Crippen molar-refractivity contribution in [2.75, 3.05) is 13.1 Å². The van der Waals surface area contributed by atoms with Crippen molar-refractivity contribution < 1.29 is 9.90 Å². The van der Waals surface area contributed by atoms with E-state index in [0.29, 0.717) is 19.5 Å². The number of nitrogens with two attached hydrogens (primary N) is 1. The monoisotopic (exact) mass is 188 g/mol. The highest BCUT2D eigenvalue weighted by atomic mass is 16.4. The quantitative estimate of drug-likeness (QED) is 0.510. The molecule has 0 saturated carbocycles. The first-order chi connectivity index (χ1) is 6.06. The molecule has 0 saturated heterocycles. The van der Waals surface area contributed by atoms with Gasteiger partial charge < -0.3 is 16.2 Å². The second kappa shape index (κ2) is 5.94. The van der Waals surface area contributed by atoms with Gasteiger partial charge in [-0.1, -0.05) is 13.3 Å². The highest BCUT2D eigenvalue weighted by molar-refractivity contribution is 5.78. The summed E-state index contributed by atoms with van der Waals surface area (Å²) >= 11 is 0. The lowest BCUT2D eigenvalue weighted by molar-refractivity contribution is -0.144. The molecule has 0 aromatic heterocycles. The van der Waals surface area contributed by atoms with Crippen LogP contribution in [-0.4, -0.2) is 29.7 Å². The molecular formula is C9H20N2O2. The zero-order valence-electron chi connectivity index (χ0n) is 8.47. The average molecular weight is 188 g/mol. The topological polar surface area (TPSA) is 75.3 Å². The third-order valence-electron chi connectivity index (χ3n) is 2.12. The molecule has 4 nitrogen and oxygen atoms in total. The molecule has 0 bridgehead atoms.